The minimum atomic E-state index is -3.31. The van der Waals surface area contributed by atoms with Crippen molar-refractivity contribution in [2.24, 2.45) is 0 Å². The van der Waals surface area contributed by atoms with E-state index >= 15 is 0 Å². The summed E-state index contributed by atoms with van der Waals surface area (Å²) in [5.74, 6) is 0. The summed E-state index contributed by atoms with van der Waals surface area (Å²) in [6.07, 6.45) is 2.32. The number of rotatable bonds is 2. The number of morpholine rings is 1. The van der Waals surface area contributed by atoms with E-state index in [4.69, 9.17) is 4.74 Å². The van der Waals surface area contributed by atoms with Crippen LogP contribution >= 0.6 is 0 Å². The summed E-state index contributed by atoms with van der Waals surface area (Å²) in [5.41, 5.74) is 0. The Hall–Kier alpha value is -0.210. The molecule has 19 heavy (non-hydrogen) atoms. The Bertz CT molecular complexity index is 422. The second kappa shape index (κ2) is 5.29. The molecule has 110 valence electrons. The van der Waals surface area contributed by atoms with Gasteiger partial charge in [0.15, 0.2) is 0 Å². The quantitative estimate of drug-likeness (QED) is 0.702. The fourth-order valence-corrected chi connectivity index (χ4v) is 5.20. The van der Waals surface area contributed by atoms with Gasteiger partial charge in [0.1, 0.15) is 0 Å². The lowest BCUT2D eigenvalue weighted by Gasteiger charge is -2.43. The Morgan fingerprint density at radius 2 is 1.84 bits per heavy atom. The molecule has 0 spiro atoms. The Balaban J connectivity index is 1.76. The monoisotopic (exact) mass is 289 g/mol. The lowest BCUT2D eigenvalue weighted by Crippen LogP contribution is -2.60. The highest BCUT2D eigenvalue weighted by atomic mass is 32.2. The van der Waals surface area contributed by atoms with Gasteiger partial charge in [0.2, 0.25) is 0 Å². The number of ether oxygens (including phenoxy) is 1. The third-order valence-electron chi connectivity index (χ3n) is 4.47. The Kier molecular flexibility index (Phi) is 3.83. The maximum atomic E-state index is 12.7. The number of piperazine rings is 1. The fourth-order valence-electron chi connectivity index (χ4n) is 3.41. The van der Waals surface area contributed by atoms with Gasteiger partial charge in [-0.1, -0.05) is 0 Å². The molecule has 0 aromatic carbocycles. The standard InChI is InChI=1S/C12H23N3O3S/c1-11-9-13-4-2-3-12(13)10-15(11)19(16,17)14-5-7-18-8-6-14/h11-12H,2-10H2,1H3/t11-,12+/m0/s1. The molecule has 0 radical (unpaired) electrons. The molecule has 0 bridgehead atoms. The predicted molar refractivity (Wildman–Crippen MR) is 72.1 cm³/mol. The van der Waals surface area contributed by atoms with Crippen molar-refractivity contribution in [3.8, 4) is 0 Å². The van der Waals surface area contributed by atoms with E-state index in [2.05, 4.69) is 4.90 Å². The molecule has 3 rings (SSSR count). The highest BCUT2D eigenvalue weighted by molar-refractivity contribution is 7.86. The highest BCUT2D eigenvalue weighted by Gasteiger charge is 2.42. The lowest BCUT2D eigenvalue weighted by atomic mass is 10.1. The van der Waals surface area contributed by atoms with E-state index in [0.717, 1.165) is 19.5 Å². The van der Waals surface area contributed by atoms with Gasteiger partial charge in [-0.2, -0.15) is 17.0 Å². The van der Waals surface area contributed by atoms with Crippen LogP contribution in [-0.4, -0.2) is 79.9 Å². The van der Waals surface area contributed by atoms with Crippen molar-refractivity contribution in [3.05, 3.63) is 0 Å². The molecule has 3 aliphatic heterocycles. The van der Waals surface area contributed by atoms with Crippen molar-refractivity contribution in [3.63, 3.8) is 0 Å². The topological polar surface area (TPSA) is 53.1 Å². The Labute approximate surface area is 115 Å². The van der Waals surface area contributed by atoms with E-state index < -0.39 is 10.2 Å². The molecule has 3 fully saturated rings. The molecule has 0 saturated carbocycles. The maximum absolute atomic E-state index is 12.7. The molecule has 0 N–H and O–H groups in total. The van der Waals surface area contributed by atoms with Crippen molar-refractivity contribution < 1.29 is 13.2 Å². The first kappa shape index (κ1) is 13.8. The minimum absolute atomic E-state index is 0.0715. The zero-order chi connectivity index (χ0) is 13.5. The predicted octanol–water partition coefficient (Wildman–Crippen LogP) is -0.268. The number of fused-ring (bicyclic) bond motifs is 1. The summed E-state index contributed by atoms with van der Waals surface area (Å²) in [4.78, 5) is 2.44. The minimum Gasteiger partial charge on any atom is -0.379 e. The van der Waals surface area contributed by atoms with Gasteiger partial charge < -0.3 is 4.74 Å². The van der Waals surface area contributed by atoms with Crippen LogP contribution in [0.15, 0.2) is 0 Å². The van der Waals surface area contributed by atoms with Crippen LogP contribution in [0.4, 0.5) is 0 Å². The summed E-state index contributed by atoms with van der Waals surface area (Å²) in [7, 11) is -3.31. The molecular weight excluding hydrogens is 266 g/mol. The van der Waals surface area contributed by atoms with Crippen LogP contribution in [-0.2, 0) is 14.9 Å². The Morgan fingerprint density at radius 3 is 2.58 bits per heavy atom. The molecule has 0 unspecified atom stereocenters. The number of hydrogen-bond donors (Lipinski definition) is 0. The first-order valence-electron chi connectivity index (χ1n) is 7.18. The second-order valence-electron chi connectivity index (χ2n) is 5.73. The summed E-state index contributed by atoms with van der Waals surface area (Å²) < 4.78 is 34.0. The molecule has 2 atom stereocenters. The van der Waals surface area contributed by atoms with Gasteiger partial charge in [-0.15, -0.1) is 0 Å². The molecule has 3 heterocycles. The van der Waals surface area contributed by atoms with E-state index in [0.29, 0.717) is 38.9 Å². The van der Waals surface area contributed by atoms with Crippen LogP contribution in [0.1, 0.15) is 19.8 Å². The number of nitrogens with zero attached hydrogens (tertiary/aromatic N) is 3. The molecule has 7 heteroatoms. The van der Waals surface area contributed by atoms with Gasteiger partial charge in [-0.3, -0.25) is 4.90 Å². The third kappa shape index (κ3) is 2.54. The first-order chi connectivity index (χ1) is 9.09. The molecule has 3 saturated heterocycles. The average molecular weight is 289 g/mol. The van der Waals surface area contributed by atoms with Crippen LogP contribution in [0, 0.1) is 0 Å². The van der Waals surface area contributed by atoms with Crippen LogP contribution in [0.5, 0.6) is 0 Å². The van der Waals surface area contributed by atoms with Gasteiger partial charge in [0.25, 0.3) is 10.2 Å². The SMILES string of the molecule is C[C@H]1CN2CCC[C@@H]2CN1S(=O)(=O)N1CCOCC1. The first-order valence-corrected chi connectivity index (χ1v) is 8.57. The summed E-state index contributed by atoms with van der Waals surface area (Å²) >= 11 is 0. The second-order valence-corrected chi connectivity index (χ2v) is 7.61. The third-order valence-corrected chi connectivity index (χ3v) is 6.59. The normalized spacial score (nSPS) is 35.4. The van der Waals surface area contributed by atoms with Crippen molar-refractivity contribution in [1.82, 2.24) is 13.5 Å². The van der Waals surface area contributed by atoms with Crippen LogP contribution in [0.25, 0.3) is 0 Å². The summed E-state index contributed by atoms with van der Waals surface area (Å²) in [6, 6.07) is 0.495. The fraction of sp³-hybridized carbons (Fsp3) is 1.00. The smallest absolute Gasteiger partial charge is 0.282 e. The average Bonchev–Trinajstić information content (AvgIpc) is 2.85. The van der Waals surface area contributed by atoms with E-state index in [1.807, 2.05) is 6.92 Å². The zero-order valence-corrected chi connectivity index (χ0v) is 12.3. The zero-order valence-electron chi connectivity index (χ0n) is 11.5. The van der Waals surface area contributed by atoms with Crippen LogP contribution in [0.3, 0.4) is 0 Å². The summed E-state index contributed by atoms with van der Waals surface area (Å²) in [5, 5.41) is 0. The largest absolute Gasteiger partial charge is 0.379 e. The van der Waals surface area contributed by atoms with Crippen molar-refractivity contribution in [2.75, 3.05) is 45.9 Å². The van der Waals surface area contributed by atoms with Gasteiger partial charge in [-0.05, 0) is 26.3 Å². The van der Waals surface area contributed by atoms with Crippen molar-refractivity contribution in [2.45, 2.75) is 31.8 Å². The van der Waals surface area contributed by atoms with Crippen molar-refractivity contribution in [1.29, 1.82) is 0 Å². The van der Waals surface area contributed by atoms with E-state index in [1.165, 1.54) is 6.42 Å². The van der Waals surface area contributed by atoms with Gasteiger partial charge in [-0.25, -0.2) is 0 Å². The molecule has 0 aromatic heterocycles. The van der Waals surface area contributed by atoms with Gasteiger partial charge in [0.05, 0.1) is 13.2 Å². The number of hydrogen-bond acceptors (Lipinski definition) is 4. The van der Waals surface area contributed by atoms with Crippen LogP contribution < -0.4 is 0 Å². The maximum Gasteiger partial charge on any atom is 0.282 e. The van der Waals surface area contributed by atoms with E-state index in [1.54, 1.807) is 8.61 Å². The van der Waals surface area contributed by atoms with Gasteiger partial charge in [0, 0.05) is 38.3 Å². The molecular formula is C12H23N3O3S. The molecule has 0 aromatic rings. The van der Waals surface area contributed by atoms with Gasteiger partial charge >= 0.3 is 0 Å². The van der Waals surface area contributed by atoms with E-state index in [-0.39, 0.29) is 6.04 Å². The lowest BCUT2D eigenvalue weighted by molar-refractivity contribution is 0.0629. The highest BCUT2D eigenvalue weighted by Crippen LogP contribution is 2.27. The molecule has 0 aliphatic carbocycles. The van der Waals surface area contributed by atoms with Crippen LogP contribution in [0.2, 0.25) is 0 Å². The molecule has 0 amide bonds. The van der Waals surface area contributed by atoms with Crippen molar-refractivity contribution >= 4 is 10.2 Å². The molecule has 3 aliphatic rings. The molecule has 6 nitrogen and oxygen atoms in total. The van der Waals surface area contributed by atoms with E-state index in [9.17, 15) is 8.42 Å². The Morgan fingerprint density at radius 1 is 1.11 bits per heavy atom. The summed E-state index contributed by atoms with van der Waals surface area (Å²) in [6.45, 7) is 6.66.